The first-order valence-electron chi connectivity index (χ1n) is 11.9. The average molecular weight is 519 g/mol. The molecule has 4 aromatic rings. The van der Waals surface area contributed by atoms with E-state index in [-0.39, 0.29) is 5.78 Å². The second-order valence-corrected chi connectivity index (χ2v) is 10.0. The molecule has 1 aromatic heterocycles. The highest BCUT2D eigenvalue weighted by molar-refractivity contribution is 6.35. The maximum absolute atomic E-state index is 13.5. The molecule has 0 bridgehead atoms. The van der Waals surface area contributed by atoms with Gasteiger partial charge in [-0.3, -0.25) is 9.69 Å². The van der Waals surface area contributed by atoms with Crippen LogP contribution in [-0.4, -0.2) is 22.0 Å². The summed E-state index contributed by atoms with van der Waals surface area (Å²) in [4.78, 5) is 15.6. The molecule has 0 amide bonds. The largest absolute Gasteiger partial charge is 0.478 e. The molecule has 0 aliphatic carbocycles. The third kappa shape index (κ3) is 3.88. The summed E-state index contributed by atoms with van der Waals surface area (Å²) >= 11 is 12.5. The Balaban J connectivity index is 1.35. The highest BCUT2D eigenvalue weighted by Gasteiger charge is 2.35. The highest BCUT2D eigenvalue weighted by Crippen LogP contribution is 2.44. The van der Waals surface area contributed by atoms with Crippen LogP contribution in [0.1, 0.15) is 39.5 Å². The SMILES string of the molecule is CCn1cc(/C=C2\Oc3c4c(cc(C)c3C2=O)OCN(Cc2ccc(Cl)cc2Cl)C4)c2ccccc21. The summed E-state index contributed by atoms with van der Waals surface area (Å²) in [5.41, 5.74) is 5.39. The lowest BCUT2D eigenvalue weighted by molar-refractivity contribution is 0.0872. The molecule has 182 valence electrons. The number of rotatable bonds is 4. The summed E-state index contributed by atoms with van der Waals surface area (Å²) < 4.78 is 14.5. The van der Waals surface area contributed by atoms with E-state index in [1.54, 1.807) is 6.07 Å². The van der Waals surface area contributed by atoms with Crippen molar-refractivity contribution in [1.29, 1.82) is 0 Å². The zero-order chi connectivity index (χ0) is 25.0. The molecule has 3 heterocycles. The summed E-state index contributed by atoms with van der Waals surface area (Å²) in [6.07, 6.45) is 3.93. The summed E-state index contributed by atoms with van der Waals surface area (Å²) in [5.74, 6) is 1.57. The average Bonchev–Trinajstić information content (AvgIpc) is 3.39. The first kappa shape index (κ1) is 23.2. The smallest absolute Gasteiger partial charge is 0.232 e. The van der Waals surface area contributed by atoms with Crippen molar-refractivity contribution >= 4 is 46.0 Å². The molecule has 3 aromatic carbocycles. The van der Waals surface area contributed by atoms with Crippen molar-refractivity contribution in [2.45, 2.75) is 33.5 Å². The Morgan fingerprint density at radius 3 is 2.75 bits per heavy atom. The fraction of sp³-hybridized carbons (Fsp3) is 0.207. The lowest BCUT2D eigenvalue weighted by Crippen LogP contribution is -2.32. The standard InChI is InChI=1S/C29H24Cl2N2O3/c1-3-33-14-19(21-6-4-5-7-24(21)33)11-26-28(34)27-17(2)10-25-22(29(27)36-26)15-32(16-35-25)13-18-8-9-20(30)12-23(18)31/h4-12,14H,3,13,15-16H2,1-2H3/b26-11-. The number of carbonyl (C=O) groups is 1. The van der Waals surface area contributed by atoms with E-state index in [0.29, 0.717) is 46.9 Å². The monoisotopic (exact) mass is 518 g/mol. The van der Waals surface area contributed by atoms with Crippen LogP contribution in [0.25, 0.3) is 17.0 Å². The summed E-state index contributed by atoms with van der Waals surface area (Å²) in [6, 6.07) is 15.6. The Morgan fingerprint density at radius 2 is 1.94 bits per heavy atom. The Morgan fingerprint density at radius 1 is 1.11 bits per heavy atom. The van der Waals surface area contributed by atoms with E-state index < -0.39 is 0 Å². The van der Waals surface area contributed by atoms with Crippen LogP contribution in [-0.2, 0) is 19.6 Å². The molecule has 0 unspecified atom stereocenters. The predicted octanol–water partition coefficient (Wildman–Crippen LogP) is 7.24. The van der Waals surface area contributed by atoms with Crippen molar-refractivity contribution in [1.82, 2.24) is 9.47 Å². The summed E-state index contributed by atoms with van der Waals surface area (Å²) in [7, 11) is 0. The number of carbonyl (C=O) groups excluding carboxylic acids is 1. The van der Waals surface area contributed by atoms with Crippen LogP contribution in [0.5, 0.6) is 11.5 Å². The van der Waals surface area contributed by atoms with Crippen LogP contribution in [0.4, 0.5) is 0 Å². The molecule has 0 fully saturated rings. The van der Waals surface area contributed by atoms with Gasteiger partial charge < -0.3 is 14.0 Å². The van der Waals surface area contributed by atoms with Crippen LogP contribution in [0.3, 0.4) is 0 Å². The molecular formula is C29H24Cl2N2O3. The van der Waals surface area contributed by atoms with Gasteiger partial charge in [-0.05, 0) is 55.3 Å². The number of benzene rings is 3. The van der Waals surface area contributed by atoms with Gasteiger partial charge in [0, 0.05) is 52.3 Å². The minimum atomic E-state index is -0.100. The number of allylic oxidation sites excluding steroid dienone is 1. The fourth-order valence-corrected chi connectivity index (χ4v) is 5.53. The number of Topliss-reactive ketones (excluding diaryl/α,β-unsaturated/α-hetero) is 1. The molecule has 2 aliphatic rings. The molecule has 5 nitrogen and oxygen atoms in total. The van der Waals surface area contributed by atoms with E-state index in [1.165, 1.54) is 0 Å². The van der Waals surface area contributed by atoms with E-state index in [9.17, 15) is 4.79 Å². The van der Waals surface area contributed by atoms with Gasteiger partial charge in [-0.2, -0.15) is 0 Å². The van der Waals surface area contributed by atoms with Crippen LogP contribution in [0.15, 0.2) is 60.5 Å². The molecule has 6 rings (SSSR count). The van der Waals surface area contributed by atoms with Gasteiger partial charge in [-0.1, -0.05) is 47.5 Å². The van der Waals surface area contributed by atoms with Crippen LogP contribution >= 0.6 is 23.2 Å². The lowest BCUT2D eigenvalue weighted by Gasteiger charge is -2.30. The number of hydrogen-bond donors (Lipinski definition) is 0. The lowest BCUT2D eigenvalue weighted by atomic mass is 9.98. The molecule has 0 spiro atoms. The van der Waals surface area contributed by atoms with E-state index in [0.717, 1.165) is 45.5 Å². The van der Waals surface area contributed by atoms with E-state index in [2.05, 4.69) is 34.7 Å². The normalized spacial score (nSPS) is 16.2. The van der Waals surface area contributed by atoms with E-state index >= 15 is 0 Å². The van der Waals surface area contributed by atoms with Crippen molar-refractivity contribution < 1.29 is 14.3 Å². The number of aryl methyl sites for hydroxylation is 2. The number of hydrogen-bond acceptors (Lipinski definition) is 4. The number of para-hydroxylation sites is 1. The van der Waals surface area contributed by atoms with Crippen molar-refractivity contribution in [3.8, 4) is 11.5 Å². The maximum atomic E-state index is 13.5. The number of aromatic nitrogens is 1. The molecule has 7 heteroatoms. The third-order valence-corrected chi connectivity index (χ3v) is 7.43. The quantitative estimate of drug-likeness (QED) is 0.267. The molecule has 0 atom stereocenters. The molecule has 0 N–H and O–H groups in total. The van der Waals surface area contributed by atoms with Gasteiger partial charge in [0.25, 0.3) is 0 Å². The minimum absolute atomic E-state index is 0.100. The first-order valence-corrected chi connectivity index (χ1v) is 12.7. The van der Waals surface area contributed by atoms with Gasteiger partial charge in [0.15, 0.2) is 5.76 Å². The van der Waals surface area contributed by atoms with Gasteiger partial charge in [0.1, 0.15) is 18.2 Å². The number of fused-ring (bicyclic) bond motifs is 4. The summed E-state index contributed by atoms with van der Waals surface area (Å²) in [5, 5.41) is 2.31. The first-order chi connectivity index (χ1) is 17.4. The molecule has 0 radical (unpaired) electrons. The summed E-state index contributed by atoms with van der Waals surface area (Å²) in [6.45, 7) is 6.45. The topological polar surface area (TPSA) is 43.7 Å². The Bertz CT molecular complexity index is 1570. The van der Waals surface area contributed by atoms with Crippen LogP contribution < -0.4 is 9.47 Å². The second-order valence-electron chi connectivity index (χ2n) is 9.20. The molecule has 36 heavy (non-hydrogen) atoms. The zero-order valence-corrected chi connectivity index (χ0v) is 21.5. The second kappa shape index (κ2) is 9.00. The molecule has 0 saturated heterocycles. The minimum Gasteiger partial charge on any atom is -0.478 e. The molecule has 2 aliphatic heterocycles. The van der Waals surface area contributed by atoms with Gasteiger partial charge in [-0.25, -0.2) is 0 Å². The van der Waals surface area contributed by atoms with Crippen LogP contribution in [0, 0.1) is 6.92 Å². The number of nitrogens with zero attached hydrogens (tertiary/aromatic N) is 2. The van der Waals surface area contributed by atoms with E-state index in [4.69, 9.17) is 32.7 Å². The van der Waals surface area contributed by atoms with Gasteiger partial charge in [-0.15, -0.1) is 0 Å². The number of ether oxygens (including phenoxy) is 2. The van der Waals surface area contributed by atoms with Gasteiger partial charge >= 0.3 is 0 Å². The van der Waals surface area contributed by atoms with Crippen LogP contribution in [0.2, 0.25) is 10.0 Å². The number of ketones is 1. The highest BCUT2D eigenvalue weighted by atomic mass is 35.5. The Kier molecular flexibility index (Phi) is 5.79. The number of halogens is 2. The van der Waals surface area contributed by atoms with Crippen molar-refractivity contribution in [3.05, 3.63) is 98.3 Å². The van der Waals surface area contributed by atoms with E-state index in [1.807, 2.05) is 43.3 Å². The van der Waals surface area contributed by atoms with Crippen molar-refractivity contribution in [3.63, 3.8) is 0 Å². The fourth-order valence-electron chi connectivity index (χ4n) is 5.06. The van der Waals surface area contributed by atoms with Gasteiger partial charge in [0.05, 0.1) is 11.1 Å². The van der Waals surface area contributed by atoms with Crippen molar-refractivity contribution in [2.24, 2.45) is 0 Å². The Labute approximate surface area is 219 Å². The molecular weight excluding hydrogens is 495 g/mol. The van der Waals surface area contributed by atoms with Gasteiger partial charge in [0.2, 0.25) is 5.78 Å². The maximum Gasteiger partial charge on any atom is 0.232 e. The van der Waals surface area contributed by atoms with Crippen molar-refractivity contribution in [2.75, 3.05) is 6.73 Å². The predicted molar refractivity (Wildman–Crippen MR) is 143 cm³/mol. The Hall–Kier alpha value is -3.25. The zero-order valence-electron chi connectivity index (χ0n) is 20.0. The molecule has 0 saturated carbocycles. The third-order valence-electron chi connectivity index (χ3n) is 6.84.